The quantitative estimate of drug-likeness (QED) is 0.667. The van der Waals surface area contributed by atoms with Crippen LogP contribution in [0.15, 0.2) is 41.3 Å². The molecule has 0 bridgehead atoms. The van der Waals surface area contributed by atoms with E-state index in [9.17, 15) is 40.6 Å². The van der Waals surface area contributed by atoms with Crippen LogP contribution in [0.2, 0.25) is 0 Å². The summed E-state index contributed by atoms with van der Waals surface area (Å²) in [5.74, 6) is -2.88. The van der Waals surface area contributed by atoms with Crippen LogP contribution in [0.1, 0.15) is 30.4 Å². The summed E-state index contributed by atoms with van der Waals surface area (Å²) < 4.78 is 98.4. The molecule has 4 rings (SSSR count). The predicted molar refractivity (Wildman–Crippen MR) is 97.0 cm³/mol. The first-order valence-electron chi connectivity index (χ1n) is 9.27. The Morgan fingerprint density at radius 1 is 1.03 bits per heavy atom. The molecule has 0 aromatic heterocycles. The summed E-state index contributed by atoms with van der Waals surface area (Å²) in [5.41, 5.74) is -4.18. The van der Waals surface area contributed by atoms with Crippen LogP contribution in [-0.2, 0) is 20.8 Å². The molecule has 2 aromatic carbocycles. The van der Waals surface area contributed by atoms with Crippen molar-refractivity contribution in [3.63, 3.8) is 0 Å². The van der Waals surface area contributed by atoms with E-state index < -0.39 is 85.3 Å². The number of ether oxygens (including phenoxy) is 1. The van der Waals surface area contributed by atoms with Gasteiger partial charge < -0.3 is 14.9 Å². The van der Waals surface area contributed by atoms with Crippen molar-refractivity contribution in [2.45, 2.75) is 46.8 Å². The second-order valence-electron chi connectivity index (χ2n) is 7.80. The standard InChI is InChI=1S/C20H17F5O5S/c21-14-5-6-15(22)17-16(14)19(8-7-12(26)9-18(19,27)10-30-17)31(28,29)13-3-1-11(2-4-13)20(23,24)25/h1-6,12,26-27H,7-10H2/t12-,18?,19-/m1/s1. The van der Waals surface area contributed by atoms with E-state index >= 15 is 0 Å². The van der Waals surface area contributed by atoms with Crippen molar-refractivity contribution in [3.8, 4) is 5.75 Å². The molecule has 0 spiro atoms. The zero-order valence-corrected chi connectivity index (χ0v) is 16.6. The summed E-state index contributed by atoms with van der Waals surface area (Å²) in [6.45, 7) is -0.753. The molecule has 11 heteroatoms. The van der Waals surface area contributed by atoms with E-state index in [2.05, 4.69) is 0 Å². The molecule has 0 saturated heterocycles. The fourth-order valence-corrected chi connectivity index (χ4v) is 6.96. The largest absolute Gasteiger partial charge is 0.487 e. The first-order chi connectivity index (χ1) is 14.3. The van der Waals surface area contributed by atoms with Gasteiger partial charge in [-0.1, -0.05) is 0 Å². The fraction of sp³-hybridized carbons (Fsp3) is 0.400. The van der Waals surface area contributed by atoms with Crippen LogP contribution >= 0.6 is 0 Å². The Balaban J connectivity index is 2.00. The van der Waals surface area contributed by atoms with Crippen LogP contribution < -0.4 is 4.74 Å². The van der Waals surface area contributed by atoms with Crippen LogP contribution in [0, 0.1) is 11.6 Å². The Hall–Kier alpha value is -2.24. The minimum Gasteiger partial charge on any atom is -0.487 e. The van der Waals surface area contributed by atoms with Crippen LogP contribution in [0.25, 0.3) is 0 Å². The van der Waals surface area contributed by atoms with E-state index in [1.807, 2.05) is 0 Å². The van der Waals surface area contributed by atoms with E-state index in [0.717, 1.165) is 6.07 Å². The average Bonchev–Trinajstić information content (AvgIpc) is 2.69. The number of halogens is 5. The molecule has 2 aromatic rings. The molecular formula is C20H17F5O5S. The molecule has 1 unspecified atom stereocenters. The zero-order valence-electron chi connectivity index (χ0n) is 15.8. The van der Waals surface area contributed by atoms with E-state index in [-0.39, 0.29) is 6.42 Å². The Bertz CT molecular complexity index is 1130. The highest BCUT2D eigenvalue weighted by Gasteiger charge is 2.67. The predicted octanol–water partition coefficient (Wildman–Crippen LogP) is 3.32. The molecule has 1 saturated carbocycles. The second-order valence-corrected chi connectivity index (χ2v) is 9.98. The van der Waals surface area contributed by atoms with Gasteiger partial charge in [-0.05, 0) is 49.2 Å². The van der Waals surface area contributed by atoms with Gasteiger partial charge >= 0.3 is 6.18 Å². The van der Waals surface area contributed by atoms with Crippen molar-refractivity contribution < 1.29 is 45.3 Å². The van der Waals surface area contributed by atoms with Crippen molar-refractivity contribution in [1.82, 2.24) is 0 Å². The summed E-state index contributed by atoms with van der Waals surface area (Å²) in [6, 6.07) is 3.98. The fourth-order valence-electron chi connectivity index (χ4n) is 4.58. The van der Waals surface area contributed by atoms with Gasteiger partial charge in [-0.2, -0.15) is 13.2 Å². The van der Waals surface area contributed by atoms with Crippen LogP contribution in [0.4, 0.5) is 22.0 Å². The third-order valence-electron chi connectivity index (χ3n) is 6.02. The lowest BCUT2D eigenvalue weighted by atomic mass is 9.68. The number of hydrogen-bond donors (Lipinski definition) is 2. The maximum Gasteiger partial charge on any atom is 0.416 e. The third-order valence-corrected chi connectivity index (χ3v) is 8.62. The van der Waals surface area contributed by atoms with Gasteiger partial charge in [0.15, 0.2) is 21.4 Å². The number of benzene rings is 2. The monoisotopic (exact) mass is 464 g/mol. The van der Waals surface area contributed by atoms with Gasteiger partial charge in [0.25, 0.3) is 0 Å². The van der Waals surface area contributed by atoms with Crippen LogP contribution in [0.3, 0.4) is 0 Å². The van der Waals surface area contributed by atoms with Crippen molar-refractivity contribution in [2.75, 3.05) is 6.61 Å². The van der Waals surface area contributed by atoms with Gasteiger partial charge in [-0.3, -0.25) is 0 Å². The van der Waals surface area contributed by atoms with Crippen LogP contribution in [0.5, 0.6) is 5.75 Å². The summed E-state index contributed by atoms with van der Waals surface area (Å²) in [5, 5.41) is 21.4. The first kappa shape index (κ1) is 22.0. The molecule has 3 atom stereocenters. The van der Waals surface area contributed by atoms with Crippen molar-refractivity contribution in [2.24, 2.45) is 0 Å². The molecule has 5 nitrogen and oxygen atoms in total. The Morgan fingerprint density at radius 3 is 2.26 bits per heavy atom. The Morgan fingerprint density at radius 2 is 1.65 bits per heavy atom. The molecular weight excluding hydrogens is 447 g/mol. The average molecular weight is 464 g/mol. The highest BCUT2D eigenvalue weighted by Crippen LogP contribution is 2.58. The van der Waals surface area contributed by atoms with E-state index in [1.54, 1.807) is 0 Å². The highest BCUT2D eigenvalue weighted by molar-refractivity contribution is 7.92. The smallest absolute Gasteiger partial charge is 0.416 e. The molecule has 0 amide bonds. The van der Waals surface area contributed by atoms with Gasteiger partial charge in [-0.25, -0.2) is 17.2 Å². The van der Waals surface area contributed by atoms with Gasteiger partial charge in [0.2, 0.25) is 0 Å². The molecule has 1 heterocycles. The minimum absolute atomic E-state index is 0.169. The van der Waals surface area contributed by atoms with Crippen molar-refractivity contribution >= 4 is 9.84 Å². The zero-order chi connectivity index (χ0) is 22.8. The minimum atomic E-state index is -4.80. The number of alkyl halides is 3. The number of fused-ring (bicyclic) bond motifs is 3. The van der Waals surface area contributed by atoms with Gasteiger partial charge in [0.05, 0.1) is 22.1 Å². The number of aliphatic hydroxyl groups is 2. The number of rotatable bonds is 2. The maximum atomic E-state index is 15.0. The van der Waals surface area contributed by atoms with Gasteiger partial charge in [0.1, 0.15) is 22.8 Å². The first-order valence-corrected chi connectivity index (χ1v) is 10.8. The Labute approximate surface area is 174 Å². The molecule has 1 aliphatic carbocycles. The van der Waals surface area contributed by atoms with Gasteiger partial charge in [0, 0.05) is 6.42 Å². The third kappa shape index (κ3) is 3.05. The lowest BCUT2D eigenvalue weighted by molar-refractivity contribution is -0.137. The molecule has 1 aliphatic heterocycles. The summed E-state index contributed by atoms with van der Waals surface area (Å²) in [6.07, 6.45) is -7.02. The lowest BCUT2D eigenvalue weighted by Gasteiger charge is -2.53. The van der Waals surface area contributed by atoms with Gasteiger partial charge in [-0.15, -0.1) is 0 Å². The lowest BCUT2D eigenvalue weighted by Crippen LogP contribution is -2.65. The number of hydrogen-bond acceptors (Lipinski definition) is 5. The Kier molecular flexibility index (Phi) is 4.88. The highest BCUT2D eigenvalue weighted by atomic mass is 32.2. The van der Waals surface area contributed by atoms with Crippen LogP contribution in [-0.4, -0.2) is 36.9 Å². The van der Waals surface area contributed by atoms with E-state index in [0.29, 0.717) is 30.3 Å². The molecule has 2 N–H and O–H groups in total. The molecule has 0 radical (unpaired) electrons. The van der Waals surface area contributed by atoms with E-state index in [1.165, 1.54) is 0 Å². The normalized spacial score (nSPS) is 28.4. The SMILES string of the molecule is O=S(=O)(c1ccc(C(F)(F)F)cc1)[C@@]12CC[C@@H](O)CC1(O)COc1c(F)ccc(F)c12. The summed E-state index contributed by atoms with van der Waals surface area (Å²) in [4.78, 5) is -0.605. The molecule has 1 fully saturated rings. The topological polar surface area (TPSA) is 83.8 Å². The molecule has 168 valence electrons. The molecule has 31 heavy (non-hydrogen) atoms. The van der Waals surface area contributed by atoms with Crippen molar-refractivity contribution in [3.05, 3.63) is 59.2 Å². The molecule has 2 aliphatic rings. The van der Waals surface area contributed by atoms with E-state index in [4.69, 9.17) is 4.74 Å². The summed E-state index contributed by atoms with van der Waals surface area (Å²) in [7, 11) is -4.80. The summed E-state index contributed by atoms with van der Waals surface area (Å²) >= 11 is 0. The maximum absolute atomic E-state index is 15.0. The number of aliphatic hydroxyl groups excluding tert-OH is 1. The second kappa shape index (κ2) is 6.88. The number of sulfone groups is 1. The van der Waals surface area contributed by atoms with Crippen molar-refractivity contribution in [1.29, 1.82) is 0 Å².